The van der Waals surface area contributed by atoms with Crippen molar-refractivity contribution in [3.63, 3.8) is 0 Å². The summed E-state index contributed by atoms with van der Waals surface area (Å²) in [4.78, 5) is 4.53. The van der Waals surface area contributed by atoms with Gasteiger partial charge in [0.2, 0.25) is 0 Å². The van der Waals surface area contributed by atoms with Crippen LogP contribution in [-0.2, 0) is 6.42 Å². The highest BCUT2D eigenvalue weighted by Crippen LogP contribution is 2.32. The highest BCUT2D eigenvalue weighted by atomic mass is 16.5. The van der Waals surface area contributed by atoms with E-state index in [0.29, 0.717) is 6.04 Å². The molecule has 21 heavy (non-hydrogen) atoms. The van der Waals surface area contributed by atoms with Crippen LogP contribution in [-0.4, -0.2) is 11.1 Å². The fourth-order valence-corrected chi connectivity index (χ4v) is 2.73. The number of anilines is 1. The molecule has 2 aromatic rings. The van der Waals surface area contributed by atoms with E-state index in [0.717, 1.165) is 30.7 Å². The molecular formula is C18H22N2O. The van der Waals surface area contributed by atoms with Gasteiger partial charge in [-0.05, 0) is 49.9 Å². The van der Waals surface area contributed by atoms with Crippen molar-refractivity contribution >= 4 is 5.69 Å². The zero-order chi connectivity index (χ0) is 14.7. The molecule has 0 radical (unpaired) electrons. The lowest BCUT2D eigenvalue weighted by Gasteiger charge is -2.17. The van der Waals surface area contributed by atoms with Gasteiger partial charge in [-0.3, -0.25) is 4.98 Å². The van der Waals surface area contributed by atoms with Gasteiger partial charge < -0.3 is 10.1 Å². The van der Waals surface area contributed by atoms with E-state index in [1.807, 2.05) is 24.4 Å². The summed E-state index contributed by atoms with van der Waals surface area (Å²) in [5.41, 5.74) is 3.65. The van der Waals surface area contributed by atoms with Crippen molar-refractivity contribution in [1.29, 1.82) is 0 Å². The van der Waals surface area contributed by atoms with Crippen LogP contribution in [0.3, 0.4) is 0 Å². The summed E-state index contributed by atoms with van der Waals surface area (Å²) >= 11 is 0. The van der Waals surface area contributed by atoms with Crippen LogP contribution in [0.1, 0.15) is 44.0 Å². The lowest BCUT2D eigenvalue weighted by atomic mass is 10.2. The summed E-state index contributed by atoms with van der Waals surface area (Å²) in [5.74, 6) is 0.925. The number of aromatic nitrogens is 1. The first kappa shape index (κ1) is 13.9. The van der Waals surface area contributed by atoms with Crippen molar-refractivity contribution in [2.75, 3.05) is 5.32 Å². The second-order valence-electron chi connectivity index (χ2n) is 5.65. The van der Waals surface area contributed by atoms with Crippen molar-refractivity contribution in [3.8, 4) is 5.75 Å². The second-order valence-corrected chi connectivity index (χ2v) is 5.65. The van der Waals surface area contributed by atoms with E-state index in [1.54, 1.807) is 0 Å². The van der Waals surface area contributed by atoms with Crippen LogP contribution in [0.5, 0.6) is 5.75 Å². The van der Waals surface area contributed by atoms with Crippen LogP contribution < -0.4 is 10.1 Å². The van der Waals surface area contributed by atoms with Crippen LogP contribution in [0.25, 0.3) is 0 Å². The minimum atomic E-state index is 0.245. The van der Waals surface area contributed by atoms with E-state index in [9.17, 15) is 0 Å². The third kappa shape index (κ3) is 3.18. The number of fused-ring (bicyclic) bond motifs is 1. The average molecular weight is 282 g/mol. The Labute approximate surface area is 126 Å². The Morgan fingerprint density at radius 1 is 1.33 bits per heavy atom. The maximum Gasteiger partial charge on any atom is 0.121 e. The molecule has 1 heterocycles. The fraction of sp³-hybridized carbons (Fsp3) is 0.389. The van der Waals surface area contributed by atoms with Gasteiger partial charge in [-0.25, -0.2) is 0 Å². The van der Waals surface area contributed by atoms with Gasteiger partial charge in [0.15, 0.2) is 0 Å². The molecule has 1 aliphatic rings. The van der Waals surface area contributed by atoms with Gasteiger partial charge in [0.1, 0.15) is 5.75 Å². The Bertz CT molecular complexity index is 612. The van der Waals surface area contributed by atoms with E-state index in [4.69, 9.17) is 4.74 Å². The maximum absolute atomic E-state index is 5.88. The molecule has 1 aliphatic carbocycles. The molecule has 3 nitrogen and oxygen atoms in total. The Hall–Kier alpha value is -2.03. The van der Waals surface area contributed by atoms with Crippen molar-refractivity contribution in [1.82, 2.24) is 4.98 Å². The van der Waals surface area contributed by atoms with E-state index in [2.05, 4.69) is 42.3 Å². The van der Waals surface area contributed by atoms with Gasteiger partial charge in [-0.15, -0.1) is 0 Å². The van der Waals surface area contributed by atoms with E-state index < -0.39 is 0 Å². The van der Waals surface area contributed by atoms with Gasteiger partial charge in [0.05, 0.1) is 17.8 Å². The molecule has 0 saturated heterocycles. The first-order chi connectivity index (χ1) is 10.3. The number of nitrogens with one attached hydrogen (secondary N) is 1. The second kappa shape index (κ2) is 6.17. The zero-order valence-corrected chi connectivity index (χ0v) is 12.7. The number of pyridine rings is 1. The molecule has 0 amide bonds. The number of rotatable bonds is 5. The van der Waals surface area contributed by atoms with E-state index in [1.165, 1.54) is 11.3 Å². The van der Waals surface area contributed by atoms with Crippen molar-refractivity contribution in [2.24, 2.45) is 0 Å². The summed E-state index contributed by atoms with van der Waals surface area (Å²) in [6, 6.07) is 12.7. The molecule has 1 N–H and O–H groups in total. The Morgan fingerprint density at radius 3 is 3.10 bits per heavy atom. The zero-order valence-electron chi connectivity index (χ0n) is 12.7. The Morgan fingerprint density at radius 2 is 2.24 bits per heavy atom. The van der Waals surface area contributed by atoms with Crippen LogP contribution in [0.15, 0.2) is 42.6 Å². The summed E-state index contributed by atoms with van der Waals surface area (Å²) in [6.45, 7) is 4.23. The lowest BCUT2D eigenvalue weighted by molar-refractivity contribution is 0.217. The maximum atomic E-state index is 5.88. The highest BCUT2D eigenvalue weighted by molar-refractivity contribution is 5.50. The van der Waals surface area contributed by atoms with Crippen LogP contribution in [0, 0.1) is 0 Å². The Balaban J connectivity index is 1.73. The summed E-state index contributed by atoms with van der Waals surface area (Å²) in [5, 5.41) is 3.59. The normalized spacial score (nSPS) is 18.1. The molecule has 2 atom stereocenters. The minimum Gasteiger partial charge on any atom is -0.491 e. The van der Waals surface area contributed by atoms with Crippen molar-refractivity contribution in [3.05, 3.63) is 53.9 Å². The highest BCUT2D eigenvalue weighted by Gasteiger charge is 2.23. The molecule has 0 bridgehead atoms. The number of nitrogens with zero attached hydrogens (tertiary/aromatic N) is 1. The van der Waals surface area contributed by atoms with Gasteiger partial charge >= 0.3 is 0 Å². The number of hydrogen-bond acceptors (Lipinski definition) is 3. The molecule has 0 aliphatic heterocycles. The average Bonchev–Trinajstić information content (AvgIpc) is 2.91. The predicted molar refractivity (Wildman–Crippen MR) is 85.7 cm³/mol. The number of aryl methyl sites for hydroxylation is 1. The molecule has 1 aromatic heterocycles. The first-order valence-electron chi connectivity index (χ1n) is 7.73. The van der Waals surface area contributed by atoms with Crippen molar-refractivity contribution in [2.45, 2.75) is 45.3 Å². The Kier molecular flexibility index (Phi) is 4.09. The van der Waals surface area contributed by atoms with Crippen molar-refractivity contribution < 1.29 is 4.74 Å². The van der Waals surface area contributed by atoms with Gasteiger partial charge in [-0.2, -0.15) is 0 Å². The molecular weight excluding hydrogens is 260 g/mol. The van der Waals surface area contributed by atoms with Crippen LogP contribution in [0.2, 0.25) is 0 Å². The smallest absolute Gasteiger partial charge is 0.121 e. The topological polar surface area (TPSA) is 34.1 Å². The standard InChI is InChI=1S/C18H22N2O/c1-3-13(2)21-16-8-4-7-15(12-16)20-17-10-9-14-6-5-11-19-18(14)17/h4-8,11-13,17,20H,3,9-10H2,1-2H3. The predicted octanol–water partition coefficient (Wildman–Crippen LogP) is 4.36. The molecule has 3 heteroatoms. The lowest BCUT2D eigenvalue weighted by Crippen LogP contribution is -2.11. The molecule has 3 rings (SSSR count). The first-order valence-corrected chi connectivity index (χ1v) is 7.73. The SMILES string of the molecule is CCC(C)Oc1cccc(NC2CCc3cccnc32)c1. The molecule has 0 fully saturated rings. The van der Waals surface area contributed by atoms with Crippen LogP contribution in [0.4, 0.5) is 5.69 Å². The fourth-order valence-electron chi connectivity index (χ4n) is 2.73. The number of ether oxygens (including phenoxy) is 1. The molecule has 0 spiro atoms. The van der Waals surface area contributed by atoms with Gasteiger partial charge in [-0.1, -0.05) is 19.1 Å². The molecule has 2 unspecified atom stereocenters. The number of benzene rings is 1. The summed E-state index contributed by atoms with van der Waals surface area (Å²) in [7, 11) is 0. The van der Waals surface area contributed by atoms with E-state index >= 15 is 0 Å². The van der Waals surface area contributed by atoms with Crippen LogP contribution >= 0.6 is 0 Å². The van der Waals surface area contributed by atoms with Gasteiger partial charge in [0.25, 0.3) is 0 Å². The number of hydrogen-bond donors (Lipinski definition) is 1. The summed E-state index contributed by atoms with van der Waals surface area (Å²) < 4.78 is 5.88. The third-order valence-electron chi connectivity index (χ3n) is 4.05. The molecule has 0 saturated carbocycles. The molecule has 1 aromatic carbocycles. The summed E-state index contributed by atoms with van der Waals surface area (Å²) in [6.07, 6.45) is 5.33. The van der Waals surface area contributed by atoms with E-state index in [-0.39, 0.29) is 6.10 Å². The minimum absolute atomic E-state index is 0.245. The molecule has 110 valence electrons. The monoisotopic (exact) mass is 282 g/mol. The largest absolute Gasteiger partial charge is 0.491 e. The third-order valence-corrected chi connectivity index (χ3v) is 4.05. The quantitative estimate of drug-likeness (QED) is 0.884. The van der Waals surface area contributed by atoms with Gasteiger partial charge in [0, 0.05) is 18.0 Å².